The van der Waals surface area contributed by atoms with Gasteiger partial charge in [0.2, 0.25) is 5.16 Å². The van der Waals surface area contributed by atoms with Gasteiger partial charge in [-0.3, -0.25) is 0 Å². The highest BCUT2D eigenvalue weighted by molar-refractivity contribution is 7.99. The number of H-pyrrole nitrogens is 1. The predicted molar refractivity (Wildman–Crippen MR) is 102 cm³/mol. The molecule has 0 saturated carbocycles. The van der Waals surface area contributed by atoms with Gasteiger partial charge in [-0.2, -0.15) is 0 Å². The Morgan fingerprint density at radius 3 is 2.62 bits per heavy atom. The summed E-state index contributed by atoms with van der Waals surface area (Å²) in [5.74, 6) is 0.993. The van der Waals surface area contributed by atoms with Crippen molar-refractivity contribution in [3.05, 3.63) is 23.8 Å². The Bertz CT molecular complexity index is 808. The van der Waals surface area contributed by atoms with Gasteiger partial charge in [0.15, 0.2) is 5.65 Å². The number of hydrogen-bond donors (Lipinski definition) is 1. The first kappa shape index (κ1) is 17.2. The largest absolute Gasteiger partial charge is 0.338 e. The molecule has 1 aromatic carbocycles. The molecule has 0 saturated heterocycles. The monoisotopic (exact) mass is 343 g/mol. The molecule has 0 fully saturated rings. The molecule has 128 valence electrons. The Balaban J connectivity index is 1.70. The third-order valence-electron chi connectivity index (χ3n) is 4.07. The summed E-state index contributed by atoms with van der Waals surface area (Å²) in [7, 11) is 0. The van der Waals surface area contributed by atoms with E-state index in [1.54, 1.807) is 11.8 Å². The normalized spacial score (nSPS) is 11.8. The van der Waals surface area contributed by atoms with Gasteiger partial charge in [-0.1, -0.05) is 37.2 Å². The first-order chi connectivity index (χ1) is 11.7. The molecule has 0 spiro atoms. The highest BCUT2D eigenvalue weighted by Crippen LogP contribution is 2.24. The molecule has 0 amide bonds. The summed E-state index contributed by atoms with van der Waals surface area (Å²) >= 11 is 1.68. The van der Waals surface area contributed by atoms with Crippen LogP contribution in [0.3, 0.4) is 0 Å². The summed E-state index contributed by atoms with van der Waals surface area (Å²) in [6.07, 6.45) is 2.40. The topological polar surface area (TPSA) is 57.7 Å². The van der Waals surface area contributed by atoms with Crippen LogP contribution in [0.2, 0.25) is 0 Å². The summed E-state index contributed by atoms with van der Waals surface area (Å²) in [6, 6.07) is 6.30. The van der Waals surface area contributed by atoms with E-state index < -0.39 is 0 Å². The van der Waals surface area contributed by atoms with Crippen molar-refractivity contribution < 1.29 is 0 Å². The van der Waals surface area contributed by atoms with Crippen molar-refractivity contribution in [2.45, 2.75) is 38.8 Å². The number of aryl methyl sites for hydroxylation is 1. The third-order valence-corrected chi connectivity index (χ3v) is 4.89. The molecule has 2 aromatic heterocycles. The van der Waals surface area contributed by atoms with E-state index >= 15 is 0 Å². The van der Waals surface area contributed by atoms with Gasteiger partial charge in [0, 0.05) is 23.2 Å². The second kappa shape index (κ2) is 7.94. The quantitative estimate of drug-likeness (QED) is 0.626. The van der Waals surface area contributed by atoms with Crippen molar-refractivity contribution in [1.29, 1.82) is 0 Å². The predicted octanol–water partition coefficient (Wildman–Crippen LogP) is 4.03. The Hall–Kier alpha value is -1.66. The minimum atomic E-state index is 0.749. The lowest BCUT2D eigenvalue weighted by Crippen LogP contribution is -2.27. The molecule has 0 aliphatic heterocycles. The SMILES string of the molecule is CCCN(CCC)CCSc1nnc2c(n1)[nH]c1ccc(C)cc12. The van der Waals surface area contributed by atoms with E-state index in [0.29, 0.717) is 0 Å². The Morgan fingerprint density at radius 2 is 1.88 bits per heavy atom. The van der Waals surface area contributed by atoms with Crippen molar-refractivity contribution in [2.24, 2.45) is 0 Å². The first-order valence-electron chi connectivity index (χ1n) is 8.69. The molecule has 0 aliphatic rings. The minimum absolute atomic E-state index is 0.749. The van der Waals surface area contributed by atoms with Crippen LogP contribution in [-0.2, 0) is 0 Å². The van der Waals surface area contributed by atoms with Crippen molar-refractivity contribution in [3.63, 3.8) is 0 Å². The van der Waals surface area contributed by atoms with Gasteiger partial charge in [0.05, 0.1) is 0 Å². The number of fused-ring (bicyclic) bond motifs is 3. The van der Waals surface area contributed by atoms with Gasteiger partial charge in [-0.25, -0.2) is 4.98 Å². The summed E-state index contributed by atoms with van der Waals surface area (Å²) in [5, 5.41) is 10.6. The number of hydrogen-bond acceptors (Lipinski definition) is 5. The van der Waals surface area contributed by atoms with Gasteiger partial charge in [0.1, 0.15) is 5.52 Å². The zero-order valence-corrected chi connectivity index (χ0v) is 15.5. The second-order valence-electron chi connectivity index (χ2n) is 6.16. The van der Waals surface area contributed by atoms with Gasteiger partial charge in [0.25, 0.3) is 0 Å². The van der Waals surface area contributed by atoms with Crippen LogP contribution in [0, 0.1) is 6.92 Å². The van der Waals surface area contributed by atoms with Gasteiger partial charge in [-0.05, 0) is 45.0 Å². The molecule has 0 atom stereocenters. The number of nitrogens with one attached hydrogen (secondary N) is 1. The maximum Gasteiger partial charge on any atom is 0.211 e. The van der Waals surface area contributed by atoms with E-state index in [2.05, 4.69) is 64.0 Å². The molecule has 0 aliphatic carbocycles. The standard InChI is InChI=1S/C18H25N5S/c1-4-8-23(9-5-2)10-11-24-18-20-17-16(21-22-18)14-12-13(3)6-7-15(14)19-17/h6-7,12H,4-5,8-11H2,1-3H3,(H,19,20,22). The van der Waals surface area contributed by atoms with Crippen LogP contribution in [0.15, 0.2) is 23.4 Å². The molecule has 0 unspecified atom stereocenters. The lowest BCUT2D eigenvalue weighted by Gasteiger charge is -2.20. The number of aromatic nitrogens is 4. The Kier molecular flexibility index (Phi) is 5.68. The van der Waals surface area contributed by atoms with Gasteiger partial charge < -0.3 is 9.88 Å². The average molecular weight is 344 g/mol. The molecule has 3 aromatic rings. The zero-order valence-electron chi connectivity index (χ0n) is 14.7. The number of thioether (sulfide) groups is 1. The molecule has 0 bridgehead atoms. The minimum Gasteiger partial charge on any atom is -0.338 e. The fraction of sp³-hybridized carbons (Fsp3) is 0.500. The molecule has 24 heavy (non-hydrogen) atoms. The molecule has 5 nitrogen and oxygen atoms in total. The summed E-state index contributed by atoms with van der Waals surface area (Å²) in [6.45, 7) is 9.94. The molecule has 2 heterocycles. The average Bonchev–Trinajstić information content (AvgIpc) is 2.92. The van der Waals surface area contributed by atoms with E-state index in [9.17, 15) is 0 Å². The van der Waals surface area contributed by atoms with Crippen LogP contribution in [0.4, 0.5) is 0 Å². The van der Waals surface area contributed by atoms with Crippen molar-refractivity contribution in [3.8, 4) is 0 Å². The smallest absolute Gasteiger partial charge is 0.211 e. The van der Waals surface area contributed by atoms with Crippen LogP contribution in [-0.4, -0.2) is 50.5 Å². The third kappa shape index (κ3) is 3.87. The van der Waals surface area contributed by atoms with Crippen molar-refractivity contribution in [2.75, 3.05) is 25.4 Å². The van der Waals surface area contributed by atoms with Crippen molar-refractivity contribution in [1.82, 2.24) is 25.1 Å². The first-order valence-corrected chi connectivity index (χ1v) is 9.67. The number of rotatable bonds is 8. The molecule has 6 heteroatoms. The van der Waals surface area contributed by atoms with E-state index in [0.717, 1.165) is 52.6 Å². The van der Waals surface area contributed by atoms with E-state index in [1.165, 1.54) is 18.4 Å². The Labute approximate surface area is 147 Å². The van der Waals surface area contributed by atoms with Crippen LogP contribution in [0.25, 0.3) is 22.1 Å². The highest BCUT2D eigenvalue weighted by Gasteiger charge is 2.10. The van der Waals surface area contributed by atoms with E-state index in [1.807, 2.05) is 0 Å². The van der Waals surface area contributed by atoms with Crippen LogP contribution < -0.4 is 0 Å². The van der Waals surface area contributed by atoms with Gasteiger partial charge in [-0.15, -0.1) is 10.2 Å². The van der Waals surface area contributed by atoms with Crippen molar-refractivity contribution >= 4 is 33.8 Å². The summed E-state index contributed by atoms with van der Waals surface area (Å²) in [4.78, 5) is 10.5. The molecule has 3 rings (SSSR count). The maximum atomic E-state index is 4.65. The molecule has 1 N–H and O–H groups in total. The molecule has 0 radical (unpaired) electrons. The molecular formula is C18H25N5S. The van der Waals surface area contributed by atoms with E-state index in [-0.39, 0.29) is 0 Å². The van der Waals surface area contributed by atoms with Crippen LogP contribution in [0.5, 0.6) is 0 Å². The van der Waals surface area contributed by atoms with E-state index in [4.69, 9.17) is 0 Å². The molecular weight excluding hydrogens is 318 g/mol. The number of nitrogens with zero attached hydrogens (tertiary/aromatic N) is 4. The highest BCUT2D eigenvalue weighted by atomic mass is 32.2. The second-order valence-corrected chi connectivity index (χ2v) is 7.22. The zero-order chi connectivity index (χ0) is 16.9. The number of aromatic amines is 1. The lowest BCUT2D eigenvalue weighted by atomic mass is 10.2. The Morgan fingerprint density at radius 1 is 1.08 bits per heavy atom. The van der Waals surface area contributed by atoms with Crippen LogP contribution in [0.1, 0.15) is 32.3 Å². The summed E-state index contributed by atoms with van der Waals surface area (Å²) < 4.78 is 0. The number of benzene rings is 1. The fourth-order valence-electron chi connectivity index (χ4n) is 2.97. The maximum absolute atomic E-state index is 4.65. The van der Waals surface area contributed by atoms with Crippen LogP contribution >= 0.6 is 11.8 Å². The lowest BCUT2D eigenvalue weighted by molar-refractivity contribution is 0.292. The summed E-state index contributed by atoms with van der Waals surface area (Å²) in [5.41, 5.74) is 3.97. The van der Waals surface area contributed by atoms with Gasteiger partial charge >= 0.3 is 0 Å². The fourth-order valence-corrected chi connectivity index (χ4v) is 3.75.